The van der Waals surface area contributed by atoms with Crippen LogP contribution in [0.2, 0.25) is 0 Å². The van der Waals surface area contributed by atoms with Crippen LogP contribution in [0, 0.1) is 6.92 Å². The Morgan fingerprint density at radius 1 is 1.33 bits per heavy atom. The van der Waals surface area contributed by atoms with Gasteiger partial charge in [-0.25, -0.2) is 0 Å². The SMILES string of the molecule is Cc1ccc(N)cc1SCC(=O)Nc1sccc1C(N)=O. The molecule has 5 N–H and O–H groups in total. The average Bonchev–Trinajstić information content (AvgIpc) is 2.88. The normalized spacial score (nSPS) is 10.3. The average molecular weight is 321 g/mol. The molecule has 21 heavy (non-hydrogen) atoms. The molecule has 0 atom stereocenters. The van der Waals surface area contributed by atoms with Crippen LogP contribution in [0.25, 0.3) is 0 Å². The Bertz CT molecular complexity index is 683. The predicted octanol–water partition coefficient (Wildman–Crippen LogP) is 2.47. The maximum absolute atomic E-state index is 11.9. The molecule has 2 amide bonds. The molecule has 110 valence electrons. The molecule has 0 aliphatic rings. The van der Waals surface area contributed by atoms with Crippen LogP contribution in [0.3, 0.4) is 0 Å². The van der Waals surface area contributed by atoms with Crippen molar-refractivity contribution in [1.82, 2.24) is 0 Å². The number of hydrogen-bond acceptors (Lipinski definition) is 5. The number of primary amides is 1. The summed E-state index contributed by atoms with van der Waals surface area (Å²) in [7, 11) is 0. The standard InChI is InChI=1S/C14H15N3O2S2/c1-8-2-3-9(15)6-11(8)21-7-12(18)17-14-10(13(16)19)4-5-20-14/h2-6H,7,15H2,1H3,(H2,16,19)(H,17,18). The fourth-order valence-corrected chi connectivity index (χ4v) is 3.36. The molecule has 0 fully saturated rings. The van der Waals surface area contributed by atoms with E-state index in [1.165, 1.54) is 23.1 Å². The number of thioether (sulfide) groups is 1. The van der Waals surface area contributed by atoms with E-state index in [0.717, 1.165) is 10.5 Å². The minimum absolute atomic E-state index is 0.188. The molecule has 5 nitrogen and oxygen atoms in total. The van der Waals surface area contributed by atoms with E-state index in [-0.39, 0.29) is 11.7 Å². The molecule has 1 aromatic heterocycles. The van der Waals surface area contributed by atoms with Crippen LogP contribution in [0.5, 0.6) is 0 Å². The molecule has 1 heterocycles. The smallest absolute Gasteiger partial charge is 0.251 e. The molecule has 0 saturated heterocycles. The van der Waals surface area contributed by atoms with Crippen LogP contribution >= 0.6 is 23.1 Å². The Balaban J connectivity index is 1.98. The third-order valence-electron chi connectivity index (χ3n) is 2.75. The maximum Gasteiger partial charge on any atom is 0.251 e. The van der Waals surface area contributed by atoms with Crippen molar-refractivity contribution >= 4 is 45.6 Å². The van der Waals surface area contributed by atoms with Gasteiger partial charge in [0.15, 0.2) is 0 Å². The summed E-state index contributed by atoms with van der Waals surface area (Å²) in [6.07, 6.45) is 0. The molecule has 0 saturated carbocycles. The first-order valence-electron chi connectivity index (χ1n) is 6.13. The van der Waals surface area contributed by atoms with Crippen molar-refractivity contribution in [2.24, 2.45) is 5.73 Å². The first-order chi connectivity index (χ1) is 9.97. The number of benzene rings is 1. The summed E-state index contributed by atoms with van der Waals surface area (Å²) in [5, 5.41) is 4.90. The number of thiophene rings is 1. The van der Waals surface area contributed by atoms with E-state index >= 15 is 0 Å². The first-order valence-corrected chi connectivity index (χ1v) is 8.00. The molecule has 0 aliphatic carbocycles. The number of aryl methyl sites for hydroxylation is 1. The summed E-state index contributed by atoms with van der Waals surface area (Å²) < 4.78 is 0. The zero-order chi connectivity index (χ0) is 15.4. The van der Waals surface area contributed by atoms with Gasteiger partial charge in [-0.3, -0.25) is 9.59 Å². The van der Waals surface area contributed by atoms with Crippen molar-refractivity contribution in [2.45, 2.75) is 11.8 Å². The van der Waals surface area contributed by atoms with Crippen LogP contribution < -0.4 is 16.8 Å². The van der Waals surface area contributed by atoms with Crippen LogP contribution in [-0.2, 0) is 4.79 Å². The lowest BCUT2D eigenvalue weighted by molar-refractivity contribution is -0.113. The van der Waals surface area contributed by atoms with E-state index in [1.807, 2.05) is 25.1 Å². The number of carbonyl (C=O) groups excluding carboxylic acids is 2. The molecular weight excluding hydrogens is 306 g/mol. The van der Waals surface area contributed by atoms with Gasteiger partial charge in [-0.05, 0) is 36.1 Å². The van der Waals surface area contributed by atoms with Crippen LogP contribution in [0.15, 0.2) is 34.5 Å². The topological polar surface area (TPSA) is 98.2 Å². The van der Waals surface area contributed by atoms with Gasteiger partial charge in [0, 0.05) is 10.6 Å². The number of hydrogen-bond donors (Lipinski definition) is 3. The Morgan fingerprint density at radius 3 is 2.81 bits per heavy atom. The number of anilines is 2. The number of nitrogens with one attached hydrogen (secondary N) is 1. The van der Waals surface area contributed by atoms with Gasteiger partial charge in [-0.1, -0.05) is 6.07 Å². The highest BCUT2D eigenvalue weighted by molar-refractivity contribution is 8.00. The van der Waals surface area contributed by atoms with Gasteiger partial charge < -0.3 is 16.8 Å². The van der Waals surface area contributed by atoms with E-state index in [4.69, 9.17) is 11.5 Å². The van der Waals surface area contributed by atoms with Gasteiger partial charge in [0.2, 0.25) is 5.91 Å². The van der Waals surface area contributed by atoms with E-state index in [0.29, 0.717) is 16.3 Å². The summed E-state index contributed by atoms with van der Waals surface area (Å²) in [5.74, 6) is -0.502. The van der Waals surface area contributed by atoms with Gasteiger partial charge in [0.25, 0.3) is 5.91 Å². The first kappa shape index (κ1) is 15.4. The lowest BCUT2D eigenvalue weighted by Crippen LogP contribution is -2.17. The summed E-state index contributed by atoms with van der Waals surface area (Å²) in [4.78, 5) is 24.1. The summed E-state index contributed by atoms with van der Waals surface area (Å²) in [6.45, 7) is 1.96. The fraction of sp³-hybridized carbons (Fsp3) is 0.143. The highest BCUT2D eigenvalue weighted by atomic mass is 32.2. The molecule has 2 rings (SSSR count). The highest BCUT2D eigenvalue weighted by Gasteiger charge is 2.13. The second-order valence-corrected chi connectivity index (χ2v) is 6.32. The van der Waals surface area contributed by atoms with Gasteiger partial charge in [0.1, 0.15) is 5.00 Å². The number of amides is 2. The third-order valence-corrected chi connectivity index (χ3v) is 4.74. The molecule has 0 radical (unpaired) electrons. The monoisotopic (exact) mass is 321 g/mol. The lowest BCUT2D eigenvalue weighted by atomic mass is 10.2. The summed E-state index contributed by atoms with van der Waals surface area (Å²) in [5.41, 5.74) is 13.0. The Labute approximate surface area is 130 Å². The predicted molar refractivity (Wildman–Crippen MR) is 87.8 cm³/mol. The number of carbonyl (C=O) groups is 2. The second-order valence-electron chi connectivity index (χ2n) is 4.39. The van der Waals surface area contributed by atoms with Gasteiger partial charge in [-0.15, -0.1) is 23.1 Å². The van der Waals surface area contributed by atoms with E-state index in [9.17, 15) is 9.59 Å². The van der Waals surface area contributed by atoms with Crippen LogP contribution in [-0.4, -0.2) is 17.6 Å². The van der Waals surface area contributed by atoms with Crippen molar-refractivity contribution in [3.8, 4) is 0 Å². The number of rotatable bonds is 5. The Morgan fingerprint density at radius 2 is 2.10 bits per heavy atom. The second kappa shape index (κ2) is 6.64. The molecule has 7 heteroatoms. The van der Waals surface area contributed by atoms with Gasteiger partial charge in [-0.2, -0.15) is 0 Å². The van der Waals surface area contributed by atoms with Gasteiger partial charge >= 0.3 is 0 Å². The molecule has 0 bridgehead atoms. The van der Waals surface area contributed by atoms with Crippen molar-refractivity contribution in [2.75, 3.05) is 16.8 Å². The fourth-order valence-electron chi connectivity index (χ4n) is 1.68. The number of nitrogen functional groups attached to an aromatic ring is 1. The zero-order valence-electron chi connectivity index (χ0n) is 11.4. The van der Waals surface area contributed by atoms with Crippen molar-refractivity contribution < 1.29 is 9.59 Å². The summed E-state index contributed by atoms with van der Waals surface area (Å²) >= 11 is 2.67. The zero-order valence-corrected chi connectivity index (χ0v) is 13.0. The minimum Gasteiger partial charge on any atom is -0.399 e. The number of nitrogens with two attached hydrogens (primary N) is 2. The lowest BCUT2D eigenvalue weighted by Gasteiger charge is -2.07. The Hall–Kier alpha value is -1.99. The third kappa shape index (κ3) is 3.99. The van der Waals surface area contributed by atoms with E-state index < -0.39 is 5.91 Å². The molecular formula is C14H15N3O2S2. The van der Waals surface area contributed by atoms with Crippen LogP contribution in [0.4, 0.5) is 10.7 Å². The van der Waals surface area contributed by atoms with E-state index in [2.05, 4.69) is 5.32 Å². The van der Waals surface area contributed by atoms with E-state index in [1.54, 1.807) is 11.4 Å². The molecule has 2 aromatic rings. The molecule has 0 spiro atoms. The van der Waals surface area contributed by atoms with Crippen LogP contribution in [0.1, 0.15) is 15.9 Å². The van der Waals surface area contributed by atoms with Crippen molar-refractivity contribution in [1.29, 1.82) is 0 Å². The minimum atomic E-state index is -0.550. The van der Waals surface area contributed by atoms with Gasteiger partial charge in [0.05, 0.1) is 11.3 Å². The maximum atomic E-state index is 11.9. The van der Waals surface area contributed by atoms with Crippen molar-refractivity contribution in [3.05, 3.63) is 40.8 Å². The molecule has 0 unspecified atom stereocenters. The molecule has 0 aliphatic heterocycles. The highest BCUT2D eigenvalue weighted by Crippen LogP contribution is 2.26. The Kier molecular flexibility index (Phi) is 4.87. The summed E-state index contributed by atoms with van der Waals surface area (Å²) in [6, 6.07) is 7.18. The van der Waals surface area contributed by atoms with Crippen molar-refractivity contribution in [3.63, 3.8) is 0 Å². The quantitative estimate of drug-likeness (QED) is 0.582. The largest absolute Gasteiger partial charge is 0.399 e. The molecule has 1 aromatic carbocycles.